The molecule has 18 heavy (non-hydrogen) atoms. The standard InChI is InChI=1S/C14H18BrN3/c15-13-8-12(9-16)3-4-14(13)18-7-5-11-2-1-6-17-10-11/h3-4,8,11,17-18H,1-2,5-7,10H2. The second-order valence-electron chi connectivity index (χ2n) is 4.73. The van der Waals surface area contributed by atoms with Gasteiger partial charge < -0.3 is 10.6 Å². The van der Waals surface area contributed by atoms with E-state index >= 15 is 0 Å². The van der Waals surface area contributed by atoms with Crippen LogP contribution >= 0.6 is 15.9 Å². The van der Waals surface area contributed by atoms with Crippen molar-refractivity contribution in [2.45, 2.75) is 19.3 Å². The molecule has 0 bridgehead atoms. The molecule has 2 rings (SSSR count). The predicted octanol–water partition coefficient (Wildman–Crippen LogP) is 3.12. The third-order valence-electron chi connectivity index (χ3n) is 3.37. The van der Waals surface area contributed by atoms with Crippen molar-refractivity contribution in [3.05, 3.63) is 28.2 Å². The first-order chi connectivity index (χ1) is 8.79. The molecule has 2 N–H and O–H groups in total. The van der Waals surface area contributed by atoms with Crippen molar-refractivity contribution in [3.8, 4) is 6.07 Å². The lowest BCUT2D eigenvalue weighted by Crippen LogP contribution is -2.30. The van der Waals surface area contributed by atoms with Gasteiger partial charge >= 0.3 is 0 Å². The quantitative estimate of drug-likeness (QED) is 0.898. The van der Waals surface area contributed by atoms with Crippen LogP contribution in [0.2, 0.25) is 0 Å². The fourth-order valence-corrected chi connectivity index (χ4v) is 2.83. The van der Waals surface area contributed by atoms with E-state index in [1.165, 1.54) is 25.8 Å². The van der Waals surface area contributed by atoms with Crippen molar-refractivity contribution in [2.75, 3.05) is 25.0 Å². The van der Waals surface area contributed by atoms with Gasteiger partial charge in [-0.25, -0.2) is 0 Å². The minimum atomic E-state index is 0.684. The monoisotopic (exact) mass is 307 g/mol. The van der Waals surface area contributed by atoms with Crippen LogP contribution in [0.5, 0.6) is 0 Å². The second kappa shape index (κ2) is 6.77. The molecule has 1 aromatic carbocycles. The molecule has 1 aromatic rings. The molecule has 0 aromatic heterocycles. The van der Waals surface area contributed by atoms with Gasteiger partial charge in [-0.15, -0.1) is 0 Å². The Morgan fingerprint density at radius 2 is 2.39 bits per heavy atom. The number of rotatable bonds is 4. The Hall–Kier alpha value is -1.05. The number of benzene rings is 1. The number of anilines is 1. The fourth-order valence-electron chi connectivity index (χ4n) is 2.31. The summed E-state index contributed by atoms with van der Waals surface area (Å²) in [7, 11) is 0. The summed E-state index contributed by atoms with van der Waals surface area (Å²) in [6.45, 7) is 3.30. The van der Waals surface area contributed by atoms with E-state index in [4.69, 9.17) is 5.26 Å². The van der Waals surface area contributed by atoms with E-state index in [1.54, 1.807) is 0 Å². The normalized spacial score (nSPS) is 19.2. The van der Waals surface area contributed by atoms with Crippen LogP contribution < -0.4 is 10.6 Å². The lowest BCUT2D eigenvalue weighted by atomic mass is 9.96. The number of hydrogen-bond acceptors (Lipinski definition) is 3. The summed E-state index contributed by atoms with van der Waals surface area (Å²) in [5, 5.41) is 15.7. The average Bonchev–Trinajstić information content (AvgIpc) is 2.42. The van der Waals surface area contributed by atoms with Crippen molar-refractivity contribution >= 4 is 21.6 Å². The predicted molar refractivity (Wildman–Crippen MR) is 77.6 cm³/mol. The van der Waals surface area contributed by atoms with Gasteiger partial charge in [-0.2, -0.15) is 5.26 Å². The van der Waals surface area contributed by atoms with E-state index < -0.39 is 0 Å². The van der Waals surface area contributed by atoms with Gasteiger partial charge in [-0.05, 0) is 72.4 Å². The smallest absolute Gasteiger partial charge is 0.0992 e. The fraction of sp³-hybridized carbons (Fsp3) is 0.500. The minimum absolute atomic E-state index is 0.684. The Morgan fingerprint density at radius 3 is 3.06 bits per heavy atom. The van der Waals surface area contributed by atoms with E-state index in [-0.39, 0.29) is 0 Å². The minimum Gasteiger partial charge on any atom is -0.384 e. The SMILES string of the molecule is N#Cc1ccc(NCCC2CCCNC2)c(Br)c1. The zero-order valence-corrected chi connectivity index (χ0v) is 12.0. The van der Waals surface area contributed by atoms with Crippen LogP contribution in [0.15, 0.2) is 22.7 Å². The Bertz CT molecular complexity index is 433. The largest absolute Gasteiger partial charge is 0.384 e. The van der Waals surface area contributed by atoms with Gasteiger partial charge in [-0.3, -0.25) is 0 Å². The highest BCUT2D eigenvalue weighted by atomic mass is 79.9. The van der Waals surface area contributed by atoms with Gasteiger partial charge in [0.05, 0.1) is 11.6 Å². The van der Waals surface area contributed by atoms with Crippen LogP contribution in [-0.2, 0) is 0 Å². The van der Waals surface area contributed by atoms with Gasteiger partial charge in [0.25, 0.3) is 0 Å². The van der Waals surface area contributed by atoms with Gasteiger partial charge in [0.1, 0.15) is 0 Å². The number of piperidine rings is 1. The zero-order valence-electron chi connectivity index (χ0n) is 10.4. The van der Waals surface area contributed by atoms with E-state index in [2.05, 4.69) is 32.6 Å². The van der Waals surface area contributed by atoms with E-state index in [0.717, 1.165) is 29.2 Å². The molecule has 0 radical (unpaired) electrons. The lowest BCUT2D eigenvalue weighted by Gasteiger charge is -2.23. The first kappa shape index (κ1) is 13.4. The highest BCUT2D eigenvalue weighted by molar-refractivity contribution is 9.10. The van der Waals surface area contributed by atoms with Crippen LogP contribution in [0.3, 0.4) is 0 Å². The molecular formula is C14H18BrN3. The second-order valence-corrected chi connectivity index (χ2v) is 5.59. The molecule has 1 aliphatic rings. The molecule has 1 aliphatic heterocycles. The molecule has 1 heterocycles. The molecule has 1 unspecified atom stereocenters. The Kier molecular flexibility index (Phi) is 5.03. The van der Waals surface area contributed by atoms with Gasteiger partial charge in [0.15, 0.2) is 0 Å². The lowest BCUT2D eigenvalue weighted by molar-refractivity contribution is 0.364. The molecule has 4 heteroatoms. The number of hydrogen-bond donors (Lipinski definition) is 2. The topological polar surface area (TPSA) is 47.9 Å². The van der Waals surface area contributed by atoms with Crippen LogP contribution in [0.1, 0.15) is 24.8 Å². The molecule has 1 saturated heterocycles. The van der Waals surface area contributed by atoms with E-state index in [9.17, 15) is 0 Å². The summed E-state index contributed by atoms with van der Waals surface area (Å²) in [5.74, 6) is 0.795. The maximum absolute atomic E-state index is 8.80. The Labute approximate surface area is 117 Å². The molecule has 0 amide bonds. The highest BCUT2D eigenvalue weighted by Gasteiger charge is 2.12. The Morgan fingerprint density at radius 1 is 1.50 bits per heavy atom. The van der Waals surface area contributed by atoms with Crippen molar-refractivity contribution in [2.24, 2.45) is 5.92 Å². The summed E-state index contributed by atoms with van der Waals surface area (Å²) in [6.07, 6.45) is 3.83. The number of halogens is 1. The maximum atomic E-state index is 8.80. The first-order valence-electron chi connectivity index (χ1n) is 6.44. The molecule has 0 aliphatic carbocycles. The number of nitrogens with zero attached hydrogens (tertiary/aromatic N) is 1. The van der Waals surface area contributed by atoms with Crippen molar-refractivity contribution in [1.82, 2.24) is 5.32 Å². The maximum Gasteiger partial charge on any atom is 0.0992 e. The molecule has 0 spiro atoms. The first-order valence-corrected chi connectivity index (χ1v) is 7.23. The molecular weight excluding hydrogens is 290 g/mol. The van der Waals surface area contributed by atoms with Gasteiger partial charge in [0, 0.05) is 16.7 Å². The Balaban J connectivity index is 1.81. The molecule has 1 fully saturated rings. The third-order valence-corrected chi connectivity index (χ3v) is 4.02. The van der Waals surface area contributed by atoms with Gasteiger partial charge in [0.2, 0.25) is 0 Å². The van der Waals surface area contributed by atoms with Crippen LogP contribution in [0, 0.1) is 17.2 Å². The molecule has 3 nitrogen and oxygen atoms in total. The summed E-state index contributed by atoms with van der Waals surface area (Å²) in [5.41, 5.74) is 1.75. The molecule has 96 valence electrons. The average molecular weight is 308 g/mol. The number of nitrogens with one attached hydrogen (secondary N) is 2. The van der Waals surface area contributed by atoms with Crippen molar-refractivity contribution in [1.29, 1.82) is 5.26 Å². The highest BCUT2D eigenvalue weighted by Crippen LogP contribution is 2.24. The van der Waals surface area contributed by atoms with Crippen molar-refractivity contribution in [3.63, 3.8) is 0 Å². The van der Waals surface area contributed by atoms with Crippen molar-refractivity contribution < 1.29 is 0 Å². The van der Waals surface area contributed by atoms with Crippen LogP contribution in [0.25, 0.3) is 0 Å². The molecule has 1 atom stereocenters. The summed E-state index contributed by atoms with van der Waals surface area (Å²) >= 11 is 3.49. The third kappa shape index (κ3) is 3.72. The summed E-state index contributed by atoms with van der Waals surface area (Å²) in [4.78, 5) is 0. The van der Waals surface area contributed by atoms with E-state index in [0.29, 0.717) is 5.56 Å². The van der Waals surface area contributed by atoms with Crippen LogP contribution in [0.4, 0.5) is 5.69 Å². The van der Waals surface area contributed by atoms with E-state index in [1.807, 2.05) is 18.2 Å². The number of nitriles is 1. The molecule has 0 saturated carbocycles. The van der Waals surface area contributed by atoms with Gasteiger partial charge in [-0.1, -0.05) is 0 Å². The van der Waals surface area contributed by atoms with Crippen LogP contribution in [-0.4, -0.2) is 19.6 Å². The summed E-state index contributed by atoms with van der Waals surface area (Å²) in [6, 6.07) is 7.79. The summed E-state index contributed by atoms with van der Waals surface area (Å²) < 4.78 is 0.961. The zero-order chi connectivity index (χ0) is 12.8.